The Bertz CT molecular complexity index is 1590. The standard InChI is InChI=1S/C36H30O3/c37-36-29-16-7-8-17-33(29)39-23-32(36)28-15-9-14-26(20-28)27-18-19-34-30(21-27)35(25-12-5-2-6-13-25)31(22-38-34)24-10-3-1-4-11-24/h1-21,31-32,35-37H,22-23H2. The van der Waals surface area contributed by atoms with Gasteiger partial charge in [-0.3, -0.25) is 0 Å². The van der Waals surface area contributed by atoms with Gasteiger partial charge < -0.3 is 14.6 Å². The predicted octanol–water partition coefficient (Wildman–Crippen LogP) is 7.87. The molecule has 1 N–H and O–H groups in total. The number of hydrogen-bond donors (Lipinski definition) is 1. The Kier molecular flexibility index (Phi) is 6.14. The maximum absolute atomic E-state index is 11.2. The molecule has 2 aliphatic rings. The lowest BCUT2D eigenvalue weighted by Gasteiger charge is -2.35. The maximum Gasteiger partial charge on any atom is 0.125 e. The molecule has 0 saturated heterocycles. The summed E-state index contributed by atoms with van der Waals surface area (Å²) in [5.41, 5.74) is 7.97. The first kappa shape index (κ1) is 23.8. The van der Waals surface area contributed by atoms with Crippen molar-refractivity contribution in [2.75, 3.05) is 13.2 Å². The third kappa shape index (κ3) is 4.39. The summed E-state index contributed by atoms with van der Waals surface area (Å²) in [6.45, 7) is 1.10. The highest BCUT2D eigenvalue weighted by atomic mass is 16.5. The molecule has 3 nitrogen and oxygen atoms in total. The van der Waals surface area contributed by atoms with Crippen LogP contribution in [0.2, 0.25) is 0 Å². The molecule has 0 bridgehead atoms. The van der Waals surface area contributed by atoms with Gasteiger partial charge in [0.25, 0.3) is 0 Å². The van der Waals surface area contributed by atoms with Gasteiger partial charge >= 0.3 is 0 Å². The van der Waals surface area contributed by atoms with Gasteiger partial charge in [0.2, 0.25) is 0 Å². The van der Waals surface area contributed by atoms with Crippen LogP contribution < -0.4 is 9.47 Å². The quantitative estimate of drug-likeness (QED) is 0.267. The van der Waals surface area contributed by atoms with Crippen LogP contribution in [0.4, 0.5) is 0 Å². The number of aliphatic hydroxyl groups excluding tert-OH is 1. The molecule has 7 rings (SSSR count). The highest BCUT2D eigenvalue weighted by molar-refractivity contribution is 5.68. The lowest BCUT2D eigenvalue weighted by molar-refractivity contribution is 0.0890. The van der Waals surface area contributed by atoms with E-state index in [9.17, 15) is 5.11 Å². The summed E-state index contributed by atoms with van der Waals surface area (Å²) >= 11 is 0. The number of fused-ring (bicyclic) bond motifs is 2. The van der Waals surface area contributed by atoms with E-state index in [1.165, 1.54) is 16.7 Å². The average Bonchev–Trinajstić information content (AvgIpc) is 3.01. The first-order chi connectivity index (χ1) is 19.3. The second-order valence-electron chi connectivity index (χ2n) is 10.5. The molecule has 4 atom stereocenters. The van der Waals surface area contributed by atoms with Crippen molar-refractivity contribution in [2.24, 2.45) is 0 Å². The van der Waals surface area contributed by atoms with Gasteiger partial charge in [0.05, 0.1) is 19.3 Å². The zero-order chi connectivity index (χ0) is 26.2. The highest BCUT2D eigenvalue weighted by Gasteiger charge is 2.34. The Labute approximate surface area is 229 Å². The van der Waals surface area contributed by atoms with Gasteiger partial charge in [-0.05, 0) is 46.0 Å². The van der Waals surface area contributed by atoms with E-state index in [4.69, 9.17) is 9.47 Å². The van der Waals surface area contributed by atoms with Crippen LogP contribution in [0.15, 0.2) is 127 Å². The van der Waals surface area contributed by atoms with Gasteiger partial charge in [0.15, 0.2) is 0 Å². The van der Waals surface area contributed by atoms with E-state index in [0.717, 1.165) is 33.8 Å². The lowest BCUT2D eigenvalue weighted by atomic mass is 9.75. The minimum atomic E-state index is -0.601. The van der Waals surface area contributed by atoms with Crippen LogP contribution in [0.1, 0.15) is 51.7 Å². The number of hydrogen-bond acceptors (Lipinski definition) is 3. The van der Waals surface area contributed by atoms with Gasteiger partial charge in [0.1, 0.15) is 11.5 Å². The number of ether oxygens (including phenoxy) is 2. The summed E-state index contributed by atoms with van der Waals surface area (Å²) in [6, 6.07) is 44.3. The van der Waals surface area contributed by atoms with E-state index in [-0.39, 0.29) is 17.8 Å². The van der Waals surface area contributed by atoms with Crippen molar-refractivity contribution in [3.8, 4) is 22.6 Å². The molecule has 2 heterocycles. The van der Waals surface area contributed by atoms with Crippen molar-refractivity contribution in [1.29, 1.82) is 0 Å². The fourth-order valence-electron chi connectivity index (χ4n) is 6.23. The van der Waals surface area contributed by atoms with E-state index in [1.54, 1.807) is 0 Å². The highest BCUT2D eigenvalue weighted by Crippen LogP contribution is 2.47. The lowest BCUT2D eigenvalue weighted by Crippen LogP contribution is -2.25. The predicted molar refractivity (Wildman–Crippen MR) is 154 cm³/mol. The first-order valence-corrected chi connectivity index (χ1v) is 13.6. The molecular weight excluding hydrogens is 480 g/mol. The van der Waals surface area contributed by atoms with Gasteiger partial charge in [-0.1, -0.05) is 109 Å². The van der Waals surface area contributed by atoms with Crippen LogP contribution in [0, 0.1) is 0 Å². The smallest absolute Gasteiger partial charge is 0.125 e. The number of rotatable bonds is 4. The molecule has 0 radical (unpaired) electrons. The zero-order valence-electron chi connectivity index (χ0n) is 21.6. The molecule has 0 aromatic heterocycles. The Morgan fingerprint density at radius 2 is 1.10 bits per heavy atom. The number of aliphatic hydroxyl groups is 1. The SMILES string of the molecule is OC1c2ccccc2OCC1c1cccc(-c2ccc3c(c2)C(c2ccccc2)C(c2ccccc2)CO3)c1. The molecular formula is C36H30O3. The van der Waals surface area contributed by atoms with Crippen molar-refractivity contribution in [2.45, 2.75) is 23.9 Å². The maximum atomic E-state index is 11.2. The molecule has 0 aliphatic carbocycles. The van der Waals surface area contributed by atoms with Crippen LogP contribution in [-0.4, -0.2) is 18.3 Å². The minimum absolute atomic E-state index is 0.125. The Morgan fingerprint density at radius 3 is 1.90 bits per heavy atom. The largest absolute Gasteiger partial charge is 0.493 e. The van der Waals surface area contributed by atoms with Crippen molar-refractivity contribution in [3.63, 3.8) is 0 Å². The van der Waals surface area contributed by atoms with Gasteiger partial charge in [0, 0.05) is 28.9 Å². The van der Waals surface area contributed by atoms with E-state index >= 15 is 0 Å². The van der Waals surface area contributed by atoms with Crippen LogP contribution in [-0.2, 0) is 0 Å². The number of benzene rings is 5. The summed E-state index contributed by atoms with van der Waals surface area (Å²) < 4.78 is 12.4. The molecule has 0 saturated carbocycles. The van der Waals surface area contributed by atoms with Gasteiger partial charge in [-0.15, -0.1) is 0 Å². The third-order valence-electron chi connectivity index (χ3n) is 8.24. The normalized spacial score (nSPS) is 21.7. The minimum Gasteiger partial charge on any atom is -0.493 e. The summed E-state index contributed by atoms with van der Waals surface area (Å²) in [5, 5.41) is 11.2. The van der Waals surface area contributed by atoms with Crippen molar-refractivity contribution >= 4 is 0 Å². The Morgan fingerprint density at radius 1 is 0.487 bits per heavy atom. The Hall–Kier alpha value is -4.34. The topological polar surface area (TPSA) is 38.7 Å². The summed E-state index contributed by atoms with van der Waals surface area (Å²) in [7, 11) is 0. The van der Waals surface area contributed by atoms with Gasteiger partial charge in [-0.25, -0.2) is 0 Å². The molecule has 5 aromatic carbocycles. The number of para-hydroxylation sites is 1. The summed E-state index contributed by atoms with van der Waals surface area (Å²) in [4.78, 5) is 0. The zero-order valence-corrected chi connectivity index (χ0v) is 21.6. The van der Waals surface area contributed by atoms with Crippen molar-refractivity contribution < 1.29 is 14.6 Å². The van der Waals surface area contributed by atoms with Crippen molar-refractivity contribution in [1.82, 2.24) is 0 Å². The summed E-state index contributed by atoms with van der Waals surface area (Å²) in [5.74, 6) is 2.00. The molecule has 4 unspecified atom stereocenters. The Balaban J connectivity index is 1.27. The second-order valence-corrected chi connectivity index (χ2v) is 10.5. The molecule has 39 heavy (non-hydrogen) atoms. The van der Waals surface area contributed by atoms with E-state index < -0.39 is 6.10 Å². The average molecular weight is 511 g/mol. The molecule has 5 aromatic rings. The van der Waals surface area contributed by atoms with E-state index in [2.05, 4.69) is 103 Å². The second kappa shape index (κ2) is 10.1. The van der Waals surface area contributed by atoms with Crippen LogP contribution in [0.3, 0.4) is 0 Å². The molecule has 0 amide bonds. The third-order valence-corrected chi connectivity index (χ3v) is 8.24. The first-order valence-electron chi connectivity index (χ1n) is 13.6. The fraction of sp³-hybridized carbons (Fsp3) is 0.167. The van der Waals surface area contributed by atoms with Gasteiger partial charge in [-0.2, -0.15) is 0 Å². The molecule has 2 aliphatic heterocycles. The van der Waals surface area contributed by atoms with Crippen molar-refractivity contribution in [3.05, 3.63) is 155 Å². The monoisotopic (exact) mass is 510 g/mol. The van der Waals surface area contributed by atoms with E-state index in [1.807, 2.05) is 24.3 Å². The summed E-state index contributed by atoms with van der Waals surface area (Å²) in [6.07, 6.45) is -0.601. The van der Waals surface area contributed by atoms with Crippen LogP contribution in [0.5, 0.6) is 11.5 Å². The fourth-order valence-corrected chi connectivity index (χ4v) is 6.23. The van der Waals surface area contributed by atoms with E-state index in [0.29, 0.717) is 13.2 Å². The molecule has 0 fully saturated rings. The molecule has 0 spiro atoms. The van der Waals surface area contributed by atoms with Crippen LogP contribution >= 0.6 is 0 Å². The molecule has 192 valence electrons. The molecule has 3 heteroatoms. The van der Waals surface area contributed by atoms with Crippen LogP contribution in [0.25, 0.3) is 11.1 Å².